The number of carbonyl (C=O) groups excluding carboxylic acids is 3. The molecule has 4 rings (SSSR count). The molecule has 2 amide bonds. The molecule has 0 saturated carbocycles. The first kappa shape index (κ1) is 33.4. The number of epoxide rings is 1. The monoisotopic (exact) mass is 602 g/mol. The summed E-state index contributed by atoms with van der Waals surface area (Å²) in [7, 11) is 0. The molecule has 0 aromatic heterocycles. The minimum absolute atomic E-state index is 0.0268. The third kappa shape index (κ3) is 9.48. The van der Waals surface area contributed by atoms with Gasteiger partial charge in [-0.15, -0.1) is 0 Å². The molecule has 0 unspecified atom stereocenters. The van der Waals surface area contributed by atoms with Gasteiger partial charge in [0.2, 0.25) is 5.91 Å². The largest absolute Gasteiger partial charge is 0.440 e. The van der Waals surface area contributed by atoms with E-state index < -0.39 is 23.9 Å². The Bertz CT molecular complexity index is 1070. The van der Waals surface area contributed by atoms with E-state index >= 15 is 0 Å². The molecule has 4 aliphatic rings. The Morgan fingerprint density at radius 2 is 1.81 bits per heavy atom. The van der Waals surface area contributed by atoms with Crippen molar-refractivity contribution in [2.75, 3.05) is 32.9 Å². The lowest BCUT2D eigenvalue weighted by atomic mass is 9.86. The fourth-order valence-electron chi connectivity index (χ4n) is 6.05. The molecule has 4 aliphatic heterocycles. The van der Waals surface area contributed by atoms with E-state index in [0.29, 0.717) is 51.7 Å². The summed E-state index contributed by atoms with van der Waals surface area (Å²) in [4.78, 5) is 38.9. The highest BCUT2D eigenvalue weighted by molar-refractivity contribution is 5.87. The Morgan fingerprint density at radius 3 is 2.47 bits per heavy atom. The van der Waals surface area contributed by atoms with Crippen molar-refractivity contribution >= 4 is 17.8 Å². The van der Waals surface area contributed by atoms with Crippen molar-refractivity contribution in [3.63, 3.8) is 0 Å². The van der Waals surface area contributed by atoms with Gasteiger partial charge in [0.05, 0.1) is 44.2 Å². The Morgan fingerprint density at radius 1 is 1.09 bits per heavy atom. The number of Topliss-reactive ketones (excluding diaryl/α,β-unsaturated/α-hetero) is 1. The van der Waals surface area contributed by atoms with Crippen LogP contribution in [0.25, 0.3) is 0 Å². The molecule has 0 aromatic rings. The van der Waals surface area contributed by atoms with Gasteiger partial charge >= 0.3 is 6.09 Å². The molecule has 8 atom stereocenters. The topological polar surface area (TPSA) is 116 Å². The van der Waals surface area contributed by atoms with Crippen LogP contribution in [0.15, 0.2) is 36.0 Å². The molecular formula is C33H50N2O8. The van der Waals surface area contributed by atoms with Crippen molar-refractivity contribution in [2.45, 2.75) is 109 Å². The summed E-state index contributed by atoms with van der Waals surface area (Å²) in [6.07, 6.45) is 10.0. The second-order valence-corrected chi connectivity index (χ2v) is 12.9. The minimum Gasteiger partial charge on any atom is -0.440 e. The molecule has 0 aromatic carbocycles. The molecule has 1 spiro atoms. The fraction of sp³-hybridized carbons (Fsp3) is 0.727. The van der Waals surface area contributed by atoms with Crippen molar-refractivity contribution in [1.82, 2.24) is 10.2 Å². The number of nitrogens with one attached hydrogen (secondary N) is 1. The minimum atomic E-state index is -0.634. The number of allylic oxidation sites excluding steroid dienone is 3. The molecule has 0 aliphatic carbocycles. The molecule has 43 heavy (non-hydrogen) atoms. The average molecular weight is 603 g/mol. The zero-order chi connectivity index (χ0) is 31.1. The van der Waals surface area contributed by atoms with Gasteiger partial charge in [-0.25, -0.2) is 4.79 Å². The van der Waals surface area contributed by atoms with Crippen molar-refractivity contribution in [3.05, 3.63) is 36.0 Å². The predicted octanol–water partition coefficient (Wildman–Crippen LogP) is 4.13. The number of rotatable bonds is 10. The number of hydrogen-bond donors (Lipinski definition) is 1. The number of morpholine rings is 1. The highest BCUT2D eigenvalue weighted by Crippen LogP contribution is 2.45. The zero-order valence-corrected chi connectivity index (χ0v) is 26.6. The van der Waals surface area contributed by atoms with Crippen LogP contribution < -0.4 is 5.32 Å². The molecule has 240 valence electrons. The number of carbonyl (C=O) groups is 3. The first-order valence-electron chi connectivity index (χ1n) is 15.8. The maximum atomic E-state index is 13.0. The summed E-state index contributed by atoms with van der Waals surface area (Å²) < 4.78 is 29.9. The SMILES string of the molecule is CC(=O)C[C@@H]1C[C@@]2(CO2)[C@H](OC(=O)N2CCOCC2)[C@@H](/C=C/C(C)=C/C[C@@H]2O[C@H](C)[C@H](NC(=O)/C=C\C(C)C)C[C@@H]2C)O1. The number of hydrogen-bond acceptors (Lipinski definition) is 8. The second kappa shape index (κ2) is 15.0. The third-order valence-corrected chi connectivity index (χ3v) is 8.66. The number of amides is 2. The first-order chi connectivity index (χ1) is 20.5. The summed E-state index contributed by atoms with van der Waals surface area (Å²) in [5.74, 6) is 0.564. The van der Waals surface area contributed by atoms with Crippen LogP contribution in [0.2, 0.25) is 0 Å². The van der Waals surface area contributed by atoms with E-state index in [1.54, 1.807) is 17.9 Å². The van der Waals surface area contributed by atoms with E-state index in [-0.39, 0.29) is 42.0 Å². The Labute approximate surface area is 256 Å². The lowest BCUT2D eigenvalue weighted by Gasteiger charge is -2.40. The van der Waals surface area contributed by atoms with Gasteiger partial charge in [0.15, 0.2) is 6.10 Å². The summed E-state index contributed by atoms with van der Waals surface area (Å²) >= 11 is 0. The third-order valence-electron chi connectivity index (χ3n) is 8.66. The van der Waals surface area contributed by atoms with E-state index in [2.05, 4.69) is 18.3 Å². The molecule has 4 heterocycles. The predicted molar refractivity (Wildman–Crippen MR) is 161 cm³/mol. The van der Waals surface area contributed by atoms with Crippen LogP contribution in [0.3, 0.4) is 0 Å². The standard InChI is InChI=1S/C33H50N2O8/c1-21(2)7-12-30(37)34-27-17-23(4)28(41-25(27)6)10-8-22(3)9-11-29-31(43-32(38)35-13-15-39-16-14-35)33(20-40-33)19-26(42-29)18-24(5)36/h7-9,11-12,21,23,25-29,31H,10,13-20H2,1-6H3,(H,34,37)/b11-9+,12-7-,22-8+/t23-,25+,26+,27+,28-,29+,31+,33+/m0/s1. The van der Waals surface area contributed by atoms with Gasteiger partial charge in [-0.2, -0.15) is 0 Å². The van der Waals surface area contributed by atoms with Crippen molar-refractivity contribution in [1.29, 1.82) is 0 Å². The average Bonchev–Trinajstić information content (AvgIpc) is 3.72. The zero-order valence-electron chi connectivity index (χ0n) is 26.6. The number of nitrogens with zero attached hydrogens (tertiary/aromatic N) is 1. The summed E-state index contributed by atoms with van der Waals surface area (Å²) in [6, 6.07) is -0.0268. The van der Waals surface area contributed by atoms with Crippen molar-refractivity contribution in [3.8, 4) is 0 Å². The van der Waals surface area contributed by atoms with E-state index in [9.17, 15) is 14.4 Å². The summed E-state index contributed by atoms with van der Waals surface area (Å²) in [5, 5.41) is 3.09. The molecule has 10 nitrogen and oxygen atoms in total. The van der Waals surface area contributed by atoms with Crippen LogP contribution in [0.1, 0.15) is 67.2 Å². The van der Waals surface area contributed by atoms with Gasteiger partial charge in [0.1, 0.15) is 17.5 Å². The molecular weight excluding hydrogens is 552 g/mol. The van der Waals surface area contributed by atoms with Crippen molar-refractivity contribution in [2.24, 2.45) is 11.8 Å². The molecule has 1 N–H and O–H groups in total. The smallest absolute Gasteiger partial charge is 0.410 e. The van der Waals surface area contributed by atoms with E-state index in [0.717, 1.165) is 18.4 Å². The van der Waals surface area contributed by atoms with E-state index in [4.69, 9.17) is 23.7 Å². The van der Waals surface area contributed by atoms with Crippen LogP contribution in [0, 0.1) is 11.8 Å². The lowest BCUT2D eigenvalue weighted by molar-refractivity contribution is -0.147. The first-order valence-corrected chi connectivity index (χ1v) is 15.8. The molecule has 0 radical (unpaired) electrons. The normalized spacial score (nSPS) is 35.1. The van der Waals surface area contributed by atoms with Crippen molar-refractivity contribution < 1.29 is 38.1 Å². The van der Waals surface area contributed by atoms with Gasteiger partial charge in [0.25, 0.3) is 0 Å². The number of ketones is 1. The number of ether oxygens (including phenoxy) is 5. The highest BCUT2D eigenvalue weighted by Gasteiger charge is 2.61. The van der Waals surface area contributed by atoms with Crippen LogP contribution in [0.4, 0.5) is 4.79 Å². The van der Waals surface area contributed by atoms with Crippen LogP contribution in [0.5, 0.6) is 0 Å². The molecule has 0 bridgehead atoms. The van der Waals surface area contributed by atoms with Gasteiger partial charge in [-0.3, -0.25) is 9.59 Å². The lowest BCUT2D eigenvalue weighted by Crippen LogP contribution is -2.54. The van der Waals surface area contributed by atoms with E-state index in [1.807, 2.05) is 45.9 Å². The fourth-order valence-corrected chi connectivity index (χ4v) is 6.05. The van der Waals surface area contributed by atoms with Gasteiger partial charge in [-0.1, -0.05) is 50.6 Å². The van der Waals surface area contributed by atoms with Gasteiger partial charge in [-0.05, 0) is 51.5 Å². The second-order valence-electron chi connectivity index (χ2n) is 12.9. The van der Waals surface area contributed by atoms with Crippen LogP contribution in [-0.4, -0.2) is 97.8 Å². The van der Waals surface area contributed by atoms with Crippen LogP contribution >= 0.6 is 0 Å². The maximum Gasteiger partial charge on any atom is 0.410 e. The maximum absolute atomic E-state index is 13.0. The molecule has 4 saturated heterocycles. The molecule has 4 fully saturated rings. The highest BCUT2D eigenvalue weighted by atomic mass is 16.7. The molecule has 10 heteroatoms. The summed E-state index contributed by atoms with van der Waals surface area (Å²) in [6.45, 7) is 14.2. The van der Waals surface area contributed by atoms with Gasteiger partial charge < -0.3 is 33.9 Å². The quantitative estimate of drug-likeness (QED) is 0.226. The van der Waals surface area contributed by atoms with Gasteiger partial charge in [0, 0.05) is 25.9 Å². The Balaban J connectivity index is 1.38. The Hall–Kier alpha value is -2.53. The van der Waals surface area contributed by atoms with E-state index in [1.165, 1.54) is 0 Å². The Kier molecular flexibility index (Phi) is 11.6. The van der Waals surface area contributed by atoms with Crippen LogP contribution in [-0.2, 0) is 33.3 Å². The summed E-state index contributed by atoms with van der Waals surface area (Å²) in [5.41, 5.74) is 0.393.